The first kappa shape index (κ1) is 58.5. The number of benzene rings is 2. The van der Waals surface area contributed by atoms with Crippen LogP contribution in [0, 0.1) is 24.0 Å². The van der Waals surface area contributed by atoms with Crippen LogP contribution in [0.5, 0.6) is 11.5 Å². The Morgan fingerprint density at radius 3 is 1.40 bits per heavy atom. The zero-order valence-electron chi connectivity index (χ0n) is 45.2. The first-order chi connectivity index (χ1) is 39.2. The van der Waals surface area contributed by atoms with E-state index >= 15 is 0 Å². The molecule has 426 valence electrons. The zero-order chi connectivity index (χ0) is 59.5. The van der Waals surface area contributed by atoms with Crippen LogP contribution in [0.2, 0.25) is 0 Å². The molecule has 0 saturated carbocycles. The van der Waals surface area contributed by atoms with Gasteiger partial charge in [0.15, 0.2) is 0 Å². The van der Waals surface area contributed by atoms with Crippen LogP contribution in [0.4, 0.5) is 34.9 Å². The normalized spacial score (nSPS) is 11.1. The maximum atomic E-state index is 13.2. The molecule has 6 aromatic heterocycles. The topological polar surface area (TPSA) is 439 Å². The number of nitrogen functional groups attached to an aromatic ring is 1. The fourth-order valence-corrected chi connectivity index (χ4v) is 8.34. The summed E-state index contributed by atoms with van der Waals surface area (Å²) >= 11 is 0. The van der Waals surface area contributed by atoms with Crippen LogP contribution in [0.1, 0.15) is 87.6 Å². The van der Waals surface area contributed by atoms with Crippen LogP contribution in [0.15, 0.2) is 85.2 Å². The van der Waals surface area contributed by atoms with Gasteiger partial charge in [-0.1, -0.05) is 24.3 Å². The fourth-order valence-electron chi connectivity index (χ4n) is 8.34. The van der Waals surface area contributed by atoms with Gasteiger partial charge in [-0.15, -0.1) is 0 Å². The molecule has 0 atom stereocenters. The molecular formula is C52H58N20O10. The van der Waals surface area contributed by atoms with Crippen LogP contribution >= 0.6 is 0 Å². The highest BCUT2D eigenvalue weighted by Gasteiger charge is 2.24. The molecule has 30 nitrogen and oxygen atoms in total. The van der Waals surface area contributed by atoms with E-state index in [1.54, 1.807) is 55.8 Å². The van der Waals surface area contributed by atoms with Crippen molar-refractivity contribution >= 4 is 92.4 Å². The van der Waals surface area contributed by atoms with Gasteiger partial charge in [0.2, 0.25) is 35.4 Å². The van der Waals surface area contributed by atoms with Gasteiger partial charge in [0.05, 0.1) is 58.4 Å². The largest absolute Gasteiger partial charge is 0.494 e. The van der Waals surface area contributed by atoms with E-state index in [1.165, 1.54) is 44.7 Å². The molecule has 0 radical (unpaired) electrons. The lowest BCUT2D eigenvalue weighted by Gasteiger charge is -2.11. The summed E-state index contributed by atoms with van der Waals surface area (Å²) in [5, 5.41) is 31.6. The van der Waals surface area contributed by atoms with E-state index in [-0.39, 0.29) is 71.2 Å². The maximum Gasteiger partial charge on any atom is 0.312 e. The fraction of sp³-hybridized carbons (Fsp3) is 0.231. The number of aryl methyl sites for hydroxylation is 4. The van der Waals surface area contributed by atoms with Crippen LogP contribution < -0.4 is 59.4 Å². The number of nitrogens with zero attached hydrogens (tertiary/aromatic N) is 11. The number of pyridine rings is 2. The zero-order valence-corrected chi connectivity index (χ0v) is 45.2. The third kappa shape index (κ3) is 13.2. The van der Waals surface area contributed by atoms with Crippen molar-refractivity contribution in [3.63, 3.8) is 0 Å². The summed E-state index contributed by atoms with van der Waals surface area (Å²) in [5.74, 6) is -2.13. The van der Waals surface area contributed by atoms with Crippen molar-refractivity contribution in [3.05, 3.63) is 140 Å². The van der Waals surface area contributed by atoms with Crippen molar-refractivity contribution in [3.8, 4) is 11.5 Å². The number of carbonyl (C=O) groups excluding carboxylic acids is 6. The number of carbonyl (C=O) groups is 6. The van der Waals surface area contributed by atoms with Gasteiger partial charge in [0, 0.05) is 68.9 Å². The summed E-state index contributed by atoms with van der Waals surface area (Å²) in [7, 11) is 2.90. The molecule has 14 N–H and O–H groups in total. The average Bonchev–Trinajstić information content (AvgIpc) is 4.43. The Kier molecular flexibility index (Phi) is 18.2. The first-order valence-corrected chi connectivity index (χ1v) is 24.9. The number of fused-ring (bicyclic) bond motifs is 2. The molecule has 0 saturated heterocycles. The van der Waals surface area contributed by atoms with Gasteiger partial charge in [-0.2, -0.15) is 10.2 Å². The second-order valence-corrected chi connectivity index (χ2v) is 17.7. The Bertz CT molecular complexity index is 3870. The molecule has 0 aliphatic carbocycles. The number of nitro groups is 1. The quantitative estimate of drug-likeness (QED) is 0.0251. The Balaban J connectivity index is 0.000000236. The van der Waals surface area contributed by atoms with Crippen molar-refractivity contribution in [2.45, 2.75) is 53.9 Å². The van der Waals surface area contributed by atoms with Crippen molar-refractivity contribution in [2.75, 3.05) is 54.3 Å². The molecule has 0 aliphatic heterocycles. The van der Waals surface area contributed by atoms with Gasteiger partial charge in [-0.05, 0) is 70.2 Å². The van der Waals surface area contributed by atoms with Crippen molar-refractivity contribution < 1.29 is 43.2 Å². The van der Waals surface area contributed by atoms with E-state index in [9.17, 15) is 38.9 Å². The standard InChI is InChI=1S/C26H28N10O6.C26H30N10O4/c1-4-35-19(9-14(2)33-35)25(39)32-26-31-17-10-15(22(27)37)12-20(42-3)21(17)34(26)8-6-5-7-29-24-18(36(40)41)11-16(13-30-24)23(28)38;1-4-36-19(9-14(2)34-36)25(39)33-26-32-18-11-15(22(28)37)12-20(40-3)21(18)35(26)8-6-5-7-30-24-17(27)10-16(13-31-24)23(29)38/h5-6,9-13H,4,7-8H2,1-3H3,(H2,27,37)(H2,28,38)(H,29,30)(H,31,32,39);5-6,9-13H,4,7-8,27H2,1-3H3,(H2,28,37)(H2,29,38)(H,30,31)(H,32,33,39)/b2*6-5+. The number of nitrogens with one attached hydrogen (secondary N) is 4. The predicted molar refractivity (Wildman–Crippen MR) is 303 cm³/mol. The summed E-state index contributed by atoms with van der Waals surface area (Å²) < 4.78 is 17.6. The monoisotopic (exact) mass is 1120 g/mol. The molecule has 8 aromatic rings. The molecule has 6 amide bonds. The van der Waals surface area contributed by atoms with E-state index in [0.717, 1.165) is 12.3 Å². The summed E-state index contributed by atoms with van der Waals surface area (Å²) in [4.78, 5) is 101. The van der Waals surface area contributed by atoms with Crippen LogP contribution in [-0.2, 0) is 26.2 Å². The number of aromatic nitrogens is 10. The number of rotatable bonds is 23. The lowest BCUT2D eigenvalue weighted by Crippen LogP contribution is -2.20. The van der Waals surface area contributed by atoms with Gasteiger partial charge >= 0.3 is 5.69 Å². The van der Waals surface area contributed by atoms with Crippen molar-refractivity contribution in [1.29, 1.82) is 0 Å². The molecule has 2 aromatic carbocycles. The van der Waals surface area contributed by atoms with Gasteiger partial charge in [0.1, 0.15) is 39.7 Å². The van der Waals surface area contributed by atoms with Crippen LogP contribution in [0.25, 0.3) is 22.1 Å². The lowest BCUT2D eigenvalue weighted by molar-refractivity contribution is -0.384. The van der Waals surface area contributed by atoms with Gasteiger partial charge < -0.3 is 57.9 Å². The van der Waals surface area contributed by atoms with E-state index in [1.807, 2.05) is 32.9 Å². The Morgan fingerprint density at radius 2 is 1.01 bits per heavy atom. The van der Waals surface area contributed by atoms with Gasteiger partial charge in [-0.25, -0.2) is 19.9 Å². The minimum absolute atomic E-state index is 0.0424. The molecule has 0 spiro atoms. The van der Waals surface area contributed by atoms with Gasteiger partial charge in [0.25, 0.3) is 17.7 Å². The molecule has 6 heterocycles. The van der Waals surface area contributed by atoms with E-state index < -0.39 is 40.1 Å². The summed E-state index contributed by atoms with van der Waals surface area (Å²) in [6.45, 7) is 9.31. The van der Waals surface area contributed by atoms with Crippen molar-refractivity contribution in [2.24, 2.45) is 22.9 Å². The maximum absolute atomic E-state index is 13.2. The highest BCUT2D eigenvalue weighted by atomic mass is 16.6. The highest BCUT2D eigenvalue weighted by molar-refractivity contribution is 6.05. The first-order valence-electron chi connectivity index (χ1n) is 24.9. The number of anilines is 5. The van der Waals surface area contributed by atoms with Crippen LogP contribution in [0.3, 0.4) is 0 Å². The molecule has 30 heteroatoms. The average molecular weight is 1120 g/mol. The molecule has 0 fully saturated rings. The number of allylic oxidation sites excluding steroid dienone is 2. The van der Waals surface area contributed by atoms with Crippen LogP contribution in [-0.4, -0.2) is 116 Å². The number of primary amides is 4. The number of amides is 6. The second-order valence-electron chi connectivity index (χ2n) is 17.7. The molecule has 8 rings (SSSR count). The highest BCUT2D eigenvalue weighted by Crippen LogP contribution is 2.33. The lowest BCUT2D eigenvalue weighted by atomic mass is 10.1. The third-order valence-corrected chi connectivity index (χ3v) is 12.2. The number of methoxy groups -OCH3 is 2. The molecular weight excluding hydrogens is 1060 g/mol. The predicted octanol–water partition coefficient (Wildman–Crippen LogP) is 3.66. The molecule has 0 unspecified atom stereocenters. The number of hydrogen-bond donors (Lipinski definition) is 9. The van der Waals surface area contributed by atoms with Gasteiger partial charge in [-0.3, -0.25) is 58.9 Å². The van der Waals surface area contributed by atoms with E-state index in [2.05, 4.69) is 51.4 Å². The number of imidazole rings is 2. The van der Waals surface area contributed by atoms with Crippen molar-refractivity contribution in [1.82, 2.24) is 48.6 Å². The second kappa shape index (κ2) is 25.5. The summed E-state index contributed by atoms with van der Waals surface area (Å²) in [5.41, 5.74) is 31.7. The summed E-state index contributed by atoms with van der Waals surface area (Å²) in [6, 6.07) is 11.9. The minimum atomic E-state index is -0.833. The number of hydrogen-bond acceptors (Lipinski definition) is 19. The molecule has 82 heavy (non-hydrogen) atoms. The number of nitrogens with two attached hydrogens (primary N) is 5. The van der Waals surface area contributed by atoms with E-state index in [4.69, 9.17) is 38.1 Å². The Labute approximate surface area is 465 Å². The molecule has 0 aliphatic rings. The smallest absolute Gasteiger partial charge is 0.312 e. The summed E-state index contributed by atoms with van der Waals surface area (Å²) in [6.07, 6.45) is 9.59. The number of ether oxygens (including phenoxy) is 2. The SMILES string of the molecule is CCn1nc(C)cc1C(=O)Nc1nc2cc(C(N)=O)cc(OC)c2n1C/C=C/CNc1ncc(C(N)=O)cc1N.CCn1nc(C)cc1C(=O)Nc1nc2cc(C(N)=O)cc(OC)c2n1C/C=C/CNc1ncc(C(N)=O)cc1[N+](=O)[O-]. The Hall–Kier alpha value is -11.2. The third-order valence-electron chi connectivity index (χ3n) is 12.2. The van der Waals surface area contributed by atoms with E-state index in [0.29, 0.717) is 81.8 Å². The minimum Gasteiger partial charge on any atom is -0.494 e. The Morgan fingerprint density at radius 1 is 0.598 bits per heavy atom. The molecule has 0 bridgehead atoms.